The molecule has 1 amide bonds. The van der Waals surface area contributed by atoms with E-state index in [1.54, 1.807) is 34.7 Å². The Morgan fingerprint density at radius 1 is 1.24 bits per heavy atom. The molecule has 0 aliphatic carbocycles. The summed E-state index contributed by atoms with van der Waals surface area (Å²) in [7, 11) is 1.85. The average Bonchev–Trinajstić information content (AvgIpc) is 3.46. The van der Waals surface area contributed by atoms with Crippen molar-refractivity contribution >= 4 is 44.9 Å². The maximum atomic E-state index is 12.6. The minimum atomic E-state index is -0.442. The standard InChI is InChI=1S/C21H21N9O3S/c1-27-19-16(10-24-27)20(23-13-22-19)29-7-5-28(6-8-29)11-18(31)26-21-25-17(12-34-21)14-3-2-4-15(9-14)30(32)33/h2-4,9-10,12-13H,5-8,11H2,1H3,(H,25,26,31). The molecule has 1 aliphatic rings. The van der Waals surface area contributed by atoms with Gasteiger partial charge in [0.15, 0.2) is 10.8 Å². The van der Waals surface area contributed by atoms with Crippen LogP contribution in [-0.4, -0.2) is 73.2 Å². The zero-order chi connectivity index (χ0) is 23.7. The highest BCUT2D eigenvalue weighted by Crippen LogP contribution is 2.27. The van der Waals surface area contributed by atoms with E-state index in [2.05, 4.69) is 35.2 Å². The van der Waals surface area contributed by atoms with Crippen LogP contribution in [0.3, 0.4) is 0 Å². The highest BCUT2D eigenvalue weighted by atomic mass is 32.1. The molecule has 174 valence electrons. The number of amides is 1. The van der Waals surface area contributed by atoms with Gasteiger partial charge in [0.2, 0.25) is 5.91 Å². The van der Waals surface area contributed by atoms with E-state index in [4.69, 9.17) is 0 Å². The Balaban J connectivity index is 1.17. The van der Waals surface area contributed by atoms with Gasteiger partial charge >= 0.3 is 0 Å². The minimum absolute atomic E-state index is 0.00135. The van der Waals surface area contributed by atoms with Gasteiger partial charge in [-0.25, -0.2) is 15.0 Å². The summed E-state index contributed by atoms with van der Waals surface area (Å²) in [6.07, 6.45) is 3.33. The molecule has 13 heteroatoms. The zero-order valence-corrected chi connectivity index (χ0v) is 19.1. The van der Waals surface area contributed by atoms with Crippen LogP contribution < -0.4 is 10.2 Å². The molecule has 1 N–H and O–H groups in total. The fourth-order valence-electron chi connectivity index (χ4n) is 3.92. The number of nitro groups is 1. The molecule has 12 nitrogen and oxygen atoms in total. The lowest BCUT2D eigenvalue weighted by atomic mass is 10.1. The molecule has 1 fully saturated rings. The maximum absolute atomic E-state index is 12.6. The molecular formula is C21H21N9O3S. The van der Waals surface area contributed by atoms with Crippen molar-refractivity contribution in [3.8, 4) is 11.3 Å². The molecule has 1 aliphatic heterocycles. The molecule has 0 unspecified atom stereocenters. The second kappa shape index (κ2) is 9.11. The van der Waals surface area contributed by atoms with Crippen LogP contribution in [0.4, 0.5) is 16.6 Å². The van der Waals surface area contributed by atoms with Crippen LogP contribution in [0.15, 0.2) is 42.2 Å². The van der Waals surface area contributed by atoms with Gasteiger partial charge in [-0.05, 0) is 0 Å². The molecule has 0 spiro atoms. The predicted octanol–water partition coefficient (Wildman–Crippen LogP) is 2.16. The van der Waals surface area contributed by atoms with E-state index >= 15 is 0 Å². The Morgan fingerprint density at radius 3 is 2.85 bits per heavy atom. The fourth-order valence-corrected chi connectivity index (χ4v) is 4.66. The van der Waals surface area contributed by atoms with E-state index in [1.807, 2.05) is 7.05 Å². The molecule has 0 bridgehead atoms. The molecule has 1 aromatic carbocycles. The number of nitro benzene ring substituents is 1. The summed E-state index contributed by atoms with van der Waals surface area (Å²) in [5.41, 5.74) is 2.01. The Morgan fingerprint density at radius 2 is 2.06 bits per heavy atom. The van der Waals surface area contributed by atoms with E-state index in [-0.39, 0.29) is 18.1 Å². The van der Waals surface area contributed by atoms with Gasteiger partial charge in [0.05, 0.1) is 28.7 Å². The third kappa shape index (κ3) is 4.43. The van der Waals surface area contributed by atoms with Crippen LogP contribution in [0.5, 0.6) is 0 Å². The van der Waals surface area contributed by atoms with Gasteiger partial charge in [-0.3, -0.25) is 24.5 Å². The number of piperazine rings is 1. The van der Waals surface area contributed by atoms with Gasteiger partial charge in [0, 0.05) is 56.3 Å². The number of aromatic nitrogens is 5. The van der Waals surface area contributed by atoms with Crippen molar-refractivity contribution in [2.75, 3.05) is 42.9 Å². The molecule has 0 radical (unpaired) electrons. The van der Waals surface area contributed by atoms with Crippen molar-refractivity contribution in [2.24, 2.45) is 7.05 Å². The lowest BCUT2D eigenvalue weighted by molar-refractivity contribution is -0.384. The molecule has 4 heterocycles. The highest BCUT2D eigenvalue weighted by Gasteiger charge is 2.22. The van der Waals surface area contributed by atoms with Gasteiger partial charge in [-0.15, -0.1) is 11.3 Å². The van der Waals surface area contributed by atoms with Crippen LogP contribution in [0.2, 0.25) is 0 Å². The fraction of sp³-hybridized carbons (Fsp3) is 0.286. The van der Waals surface area contributed by atoms with Crippen molar-refractivity contribution in [2.45, 2.75) is 0 Å². The van der Waals surface area contributed by atoms with Gasteiger partial charge in [-0.1, -0.05) is 12.1 Å². The predicted molar refractivity (Wildman–Crippen MR) is 128 cm³/mol. The van der Waals surface area contributed by atoms with Crippen molar-refractivity contribution in [3.63, 3.8) is 0 Å². The molecule has 5 rings (SSSR count). The topological polar surface area (TPSA) is 135 Å². The number of benzene rings is 1. The van der Waals surface area contributed by atoms with Crippen LogP contribution in [0.25, 0.3) is 22.3 Å². The van der Waals surface area contributed by atoms with E-state index in [0.29, 0.717) is 16.4 Å². The van der Waals surface area contributed by atoms with E-state index in [0.717, 1.165) is 43.0 Å². The third-order valence-corrected chi connectivity index (χ3v) is 6.41. The summed E-state index contributed by atoms with van der Waals surface area (Å²) in [5, 5.41) is 21.3. The molecular weight excluding hydrogens is 458 g/mol. The van der Waals surface area contributed by atoms with Crippen LogP contribution in [0.1, 0.15) is 0 Å². The maximum Gasteiger partial charge on any atom is 0.270 e. The second-order valence-electron chi connectivity index (χ2n) is 7.86. The first-order valence-electron chi connectivity index (χ1n) is 10.6. The van der Waals surface area contributed by atoms with Gasteiger partial charge in [-0.2, -0.15) is 5.10 Å². The lowest BCUT2D eigenvalue weighted by Crippen LogP contribution is -2.49. The number of carbonyl (C=O) groups excluding carboxylic acids is 1. The minimum Gasteiger partial charge on any atom is -0.353 e. The monoisotopic (exact) mass is 479 g/mol. The smallest absolute Gasteiger partial charge is 0.270 e. The van der Waals surface area contributed by atoms with Crippen molar-refractivity contribution in [1.29, 1.82) is 0 Å². The van der Waals surface area contributed by atoms with E-state index < -0.39 is 4.92 Å². The summed E-state index contributed by atoms with van der Waals surface area (Å²) >= 11 is 1.29. The summed E-state index contributed by atoms with van der Waals surface area (Å²) in [6, 6.07) is 6.27. The highest BCUT2D eigenvalue weighted by molar-refractivity contribution is 7.14. The number of anilines is 2. The molecule has 0 saturated carbocycles. The number of rotatable bonds is 6. The number of non-ortho nitro benzene ring substituents is 1. The van der Waals surface area contributed by atoms with Crippen molar-refractivity contribution in [1.82, 2.24) is 29.6 Å². The van der Waals surface area contributed by atoms with Crippen molar-refractivity contribution < 1.29 is 9.72 Å². The Hall–Kier alpha value is -3.97. The third-order valence-electron chi connectivity index (χ3n) is 5.65. The van der Waals surface area contributed by atoms with Crippen LogP contribution in [0, 0.1) is 10.1 Å². The van der Waals surface area contributed by atoms with Gasteiger partial charge in [0.25, 0.3) is 5.69 Å². The number of carbonyl (C=O) groups is 1. The Kier molecular flexibility index (Phi) is 5.86. The SMILES string of the molecule is Cn1ncc2c(N3CCN(CC(=O)Nc4nc(-c5cccc([N+](=O)[O-])c5)cs4)CC3)ncnc21. The molecule has 3 aromatic heterocycles. The lowest BCUT2D eigenvalue weighted by Gasteiger charge is -2.35. The number of fused-ring (bicyclic) bond motifs is 1. The largest absolute Gasteiger partial charge is 0.353 e. The van der Waals surface area contributed by atoms with Crippen LogP contribution in [-0.2, 0) is 11.8 Å². The normalized spacial score (nSPS) is 14.4. The quantitative estimate of drug-likeness (QED) is 0.326. The summed E-state index contributed by atoms with van der Waals surface area (Å²) in [6.45, 7) is 3.17. The van der Waals surface area contributed by atoms with E-state index in [1.165, 1.54) is 23.5 Å². The molecule has 0 atom stereocenters. The number of thiazole rings is 1. The first kappa shape index (κ1) is 21.9. The first-order chi connectivity index (χ1) is 16.5. The molecule has 4 aromatic rings. The Labute approximate surface area is 198 Å². The number of nitrogens with zero attached hydrogens (tertiary/aromatic N) is 8. The number of hydrogen-bond acceptors (Lipinski definition) is 10. The number of nitrogens with one attached hydrogen (secondary N) is 1. The van der Waals surface area contributed by atoms with Gasteiger partial charge in [0.1, 0.15) is 12.1 Å². The summed E-state index contributed by atoms with van der Waals surface area (Å²) in [5.74, 6) is 0.712. The average molecular weight is 480 g/mol. The van der Waals surface area contributed by atoms with Crippen LogP contribution >= 0.6 is 11.3 Å². The summed E-state index contributed by atoms with van der Waals surface area (Å²) in [4.78, 5) is 40.6. The Bertz CT molecular complexity index is 1360. The number of hydrogen-bond donors (Lipinski definition) is 1. The first-order valence-corrected chi connectivity index (χ1v) is 11.5. The molecule has 1 saturated heterocycles. The number of aryl methyl sites for hydroxylation is 1. The zero-order valence-electron chi connectivity index (χ0n) is 18.3. The summed E-state index contributed by atoms with van der Waals surface area (Å²) < 4.78 is 1.73. The second-order valence-corrected chi connectivity index (χ2v) is 8.72. The molecule has 34 heavy (non-hydrogen) atoms. The van der Waals surface area contributed by atoms with E-state index in [9.17, 15) is 14.9 Å². The van der Waals surface area contributed by atoms with Gasteiger partial charge < -0.3 is 10.2 Å². The van der Waals surface area contributed by atoms with Crippen molar-refractivity contribution in [3.05, 3.63) is 52.3 Å².